The number of anilines is 2. The number of nitrogens with zero attached hydrogens (tertiary/aromatic N) is 3. The van der Waals surface area contributed by atoms with Crippen LogP contribution in [0.15, 0.2) is 42.6 Å². The summed E-state index contributed by atoms with van der Waals surface area (Å²) in [5, 5.41) is 0. The molecular weight excluding hydrogens is 260 g/mol. The second-order valence-electron chi connectivity index (χ2n) is 5.42. The Morgan fingerprint density at radius 2 is 1.86 bits per heavy atom. The van der Waals surface area contributed by atoms with E-state index in [1.165, 1.54) is 11.1 Å². The van der Waals surface area contributed by atoms with Gasteiger partial charge < -0.3 is 15.0 Å². The lowest BCUT2D eigenvalue weighted by atomic mass is 10.1. The fourth-order valence-corrected chi connectivity index (χ4v) is 2.76. The van der Waals surface area contributed by atoms with Crippen LogP contribution < -0.4 is 10.6 Å². The van der Waals surface area contributed by atoms with E-state index in [0.29, 0.717) is 6.54 Å². The summed E-state index contributed by atoms with van der Waals surface area (Å²) in [6.07, 6.45) is 2.00. The van der Waals surface area contributed by atoms with Crippen molar-refractivity contribution in [2.45, 2.75) is 20.4 Å². The number of aromatic nitrogens is 2. The first kappa shape index (κ1) is 13.6. The molecule has 1 aromatic carbocycles. The van der Waals surface area contributed by atoms with E-state index in [4.69, 9.17) is 10.7 Å². The van der Waals surface area contributed by atoms with E-state index in [1.54, 1.807) is 0 Å². The fraction of sp³-hybridized carbons (Fsp3) is 0.235. The van der Waals surface area contributed by atoms with Gasteiger partial charge in [-0.15, -0.1) is 0 Å². The molecule has 2 N–H and O–H groups in total. The first-order chi connectivity index (χ1) is 10.1. The van der Waals surface area contributed by atoms with Gasteiger partial charge in [-0.25, -0.2) is 4.98 Å². The van der Waals surface area contributed by atoms with Gasteiger partial charge in [0.25, 0.3) is 0 Å². The predicted molar refractivity (Wildman–Crippen MR) is 87.1 cm³/mol. The number of nitrogens with two attached hydrogens (primary N) is 1. The number of hydrogen-bond acceptors (Lipinski definition) is 3. The molecule has 0 saturated carbocycles. The number of pyridine rings is 1. The zero-order valence-electron chi connectivity index (χ0n) is 12.7. The van der Waals surface area contributed by atoms with Crippen LogP contribution in [0.2, 0.25) is 0 Å². The number of fused-ring (bicyclic) bond motifs is 1. The molecule has 0 atom stereocenters. The van der Waals surface area contributed by atoms with Crippen LogP contribution in [0.4, 0.5) is 11.5 Å². The van der Waals surface area contributed by atoms with Crippen LogP contribution in [0.3, 0.4) is 0 Å². The van der Waals surface area contributed by atoms with Crippen molar-refractivity contribution >= 4 is 17.2 Å². The largest absolute Gasteiger partial charge is 0.328 e. The Kier molecular flexibility index (Phi) is 3.39. The van der Waals surface area contributed by atoms with Gasteiger partial charge in [-0.2, -0.15) is 0 Å². The van der Waals surface area contributed by atoms with Crippen LogP contribution in [0, 0.1) is 13.8 Å². The highest BCUT2D eigenvalue weighted by Crippen LogP contribution is 2.28. The number of aryl methyl sites for hydroxylation is 2. The van der Waals surface area contributed by atoms with Crippen LogP contribution >= 0.6 is 0 Å². The van der Waals surface area contributed by atoms with Gasteiger partial charge in [0.05, 0.1) is 5.69 Å². The predicted octanol–water partition coefficient (Wildman–Crippen LogP) is 3.18. The van der Waals surface area contributed by atoms with Crippen LogP contribution in [-0.4, -0.2) is 16.4 Å². The second kappa shape index (κ2) is 5.22. The van der Waals surface area contributed by atoms with Gasteiger partial charge in [-0.3, -0.25) is 0 Å². The summed E-state index contributed by atoms with van der Waals surface area (Å²) in [5.74, 6) is 0.911. The highest BCUT2D eigenvalue weighted by Gasteiger charge is 2.15. The first-order valence-corrected chi connectivity index (χ1v) is 7.08. The van der Waals surface area contributed by atoms with E-state index in [9.17, 15) is 0 Å². The molecule has 0 fully saturated rings. The minimum Gasteiger partial charge on any atom is -0.328 e. The zero-order chi connectivity index (χ0) is 15.0. The van der Waals surface area contributed by atoms with Gasteiger partial charge in [0.1, 0.15) is 5.65 Å². The van der Waals surface area contributed by atoms with Crippen molar-refractivity contribution < 1.29 is 0 Å². The Morgan fingerprint density at radius 3 is 2.52 bits per heavy atom. The topological polar surface area (TPSA) is 46.6 Å². The number of imidazole rings is 1. The molecule has 108 valence electrons. The molecule has 3 rings (SSSR count). The lowest BCUT2D eigenvalue weighted by Crippen LogP contribution is -2.14. The Balaban J connectivity index is 2.14. The molecule has 0 radical (unpaired) electrons. The number of hydrogen-bond donors (Lipinski definition) is 1. The molecule has 4 heteroatoms. The standard InChI is InChI=1S/C17H20N4/c1-12-8-13(2)10-14(9-12)20(3)17-15(11-18)21-7-5-4-6-16(21)19-17/h4-10H,11,18H2,1-3H3. The fourth-order valence-electron chi connectivity index (χ4n) is 2.76. The van der Waals surface area contributed by atoms with E-state index >= 15 is 0 Å². The molecular formula is C17H20N4. The Hall–Kier alpha value is -2.33. The maximum Gasteiger partial charge on any atom is 0.156 e. The number of benzene rings is 1. The van der Waals surface area contributed by atoms with Crippen molar-refractivity contribution in [3.8, 4) is 0 Å². The molecule has 0 unspecified atom stereocenters. The summed E-state index contributed by atoms with van der Waals surface area (Å²) >= 11 is 0. The van der Waals surface area contributed by atoms with Crippen LogP contribution in [0.1, 0.15) is 16.8 Å². The van der Waals surface area contributed by atoms with Crippen molar-refractivity contribution in [2.24, 2.45) is 5.73 Å². The van der Waals surface area contributed by atoms with Gasteiger partial charge in [0.2, 0.25) is 0 Å². The SMILES string of the molecule is Cc1cc(C)cc(N(C)c2nc3ccccn3c2CN)c1. The lowest BCUT2D eigenvalue weighted by molar-refractivity contribution is 0.948. The van der Waals surface area contributed by atoms with Gasteiger partial charge in [-0.05, 0) is 49.2 Å². The van der Waals surface area contributed by atoms with Crippen molar-refractivity contribution in [1.29, 1.82) is 0 Å². The van der Waals surface area contributed by atoms with Gasteiger partial charge in [-0.1, -0.05) is 12.1 Å². The van der Waals surface area contributed by atoms with Crippen LogP contribution in [0.5, 0.6) is 0 Å². The summed E-state index contributed by atoms with van der Waals surface area (Å²) in [6.45, 7) is 4.67. The van der Waals surface area contributed by atoms with E-state index < -0.39 is 0 Å². The minimum atomic E-state index is 0.454. The lowest BCUT2D eigenvalue weighted by Gasteiger charge is -2.19. The van der Waals surface area contributed by atoms with Crippen molar-refractivity contribution in [3.05, 3.63) is 59.4 Å². The molecule has 0 aliphatic heterocycles. The van der Waals surface area contributed by atoms with Crippen LogP contribution in [0.25, 0.3) is 5.65 Å². The van der Waals surface area contributed by atoms with Crippen molar-refractivity contribution in [3.63, 3.8) is 0 Å². The third-order valence-electron chi connectivity index (χ3n) is 3.71. The molecule has 3 aromatic rings. The Morgan fingerprint density at radius 1 is 1.14 bits per heavy atom. The molecule has 0 spiro atoms. The zero-order valence-corrected chi connectivity index (χ0v) is 12.7. The van der Waals surface area contributed by atoms with E-state index in [0.717, 1.165) is 22.8 Å². The maximum absolute atomic E-state index is 5.95. The summed E-state index contributed by atoms with van der Waals surface area (Å²) in [5.41, 5.74) is 11.5. The van der Waals surface area contributed by atoms with E-state index in [-0.39, 0.29) is 0 Å². The van der Waals surface area contributed by atoms with Crippen molar-refractivity contribution in [2.75, 3.05) is 11.9 Å². The third kappa shape index (κ3) is 2.38. The average molecular weight is 280 g/mol. The molecule has 0 aliphatic carbocycles. The second-order valence-corrected chi connectivity index (χ2v) is 5.42. The van der Waals surface area contributed by atoms with E-state index in [2.05, 4.69) is 41.3 Å². The summed E-state index contributed by atoms with van der Waals surface area (Å²) in [7, 11) is 2.04. The molecule has 0 aliphatic rings. The van der Waals surface area contributed by atoms with Gasteiger partial charge in [0, 0.05) is 25.5 Å². The Labute approximate surface area is 124 Å². The quantitative estimate of drug-likeness (QED) is 0.801. The highest BCUT2D eigenvalue weighted by atomic mass is 15.2. The molecule has 0 saturated heterocycles. The molecule has 4 nitrogen and oxygen atoms in total. The molecule has 0 bridgehead atoms. The van der Waals surface area contributed by atoms with E-state index in [1.807, 2.05) is 31.4 Å². The molecule has 0 amide bonds. The smallest absolute Gasteiger partial charge is 0.156 e. The molecule has 21 heavy (non-hydrogen) atoms. The first-order valence-electron chi connectivity index (χ1n) is 7.08. The maximum atomic E-state index is 5.95. The highest BCUT2D eigenvalue weighted by molar-refractivity contribution is 5.66. The average Bonchev–Trinajstić information content (AvgIpc) is 2.83. The monoisotopic (exact) mass is 280 g/mol. The van der Waals surface area contributed by atoms with Gasteiger partial charge >= 0.3 is 0 Å². The summed E-state index contributed by atoms with van der Waals surface area (Å²) < 4.78 is 2.05. The summed E-state index contributed by atoms with van der Waals surface area (Å²) in [6, 6.07) is 12.5. The minimum absolute atomic E-state index is 0.454. The van der Waals surface area contributed by atoms with Crippen LogP contribution in [-0.2, 0) is 6.54 Å². The normalized spacial score (nSPS) is 11.0. The number of rotatable bonds is 3. The summed E-state index contributed by atoms with van der Waals surface area (Å²) in [4.78, 5) is 6.83. The Bertz CT molecular complexity index is 768. The van der Waals surface area contributed by atoms with Gasteiger partial charge in [0.15, 0.2) is 5.82 Å². The molecule has 2 aromatic heterocycles. The van der Waals surface area contributed by atoms with Crippen molar-refractivity contribution in [1.82, 2.24) is 9.38 Å². The molecule has 2 heterocycles. The third-order valence-corrected chi connectivity index (χ3v) is 3.71.